The van der Waals surface area contributed by atoms with E-state index in [2.05, 4.69) is 32.1 Å². The zero-order valence-corrected chi connectivity index (χ0v) is 13.3. The molecule has 2 fully saturated rings. The first-order valence-corrected chi connectivity index (χ1v) is 8.26. The molecule has 0 spiro atoms. The van der Waals surface area contributed by atoms with E-state index in [9.17, 15) is 4.79 Å². The number of aromatic nitrogens is 2. The molecule has 1 N–H and O–H groups in total. The Bertz CT molecular complexity index is 490. The Balaban J connectivity index is 1.51. The van der Waals surface area contributed by atoms with Crippen LogP contribution >= 0.6 is 0 Å². The monoisotopic (exact) mass is 303 g/mol. The Kier molecular flexibility index (Phi) is 4.87. The van der Waals surface area contributed by atoms with E-state index < -0.39 is 0 Å². The van der Waals surface area contributed by atoms with Gasteiger partial charge in [-0.05, 0) is 25.8 Å². The molecule has 1 aromatic heterocycles. The summed E-state index contributed by atoms with van der Waals surface area (Å²) in [5, 5.41) is 2.92. The second-order valence-corrected chi connectivity index (χ2v) is 6.46. The highest BCUT2D eigenvalue weighted by Gasteiger charge is 2.19. The smallest absolute Gasteiger partial charge is 0.225 e. The summed E-state index contributed by atoms with van der Waals surface area (Å²) in [5.74, 6) is 1.40. The fourth-order valence-electron chi connectivity index (χ4n) is 3.24. The van der Waals surface area contributed by atoms with Crippen molar-refractivity contribution >= 4 is 17.5 Å². The molecule has 1 aromatic rings. The Morgan fingerprint density at radius 3 is 2.45 bits per heavy atom. The topological polar surface area (TPSA) is 61.4 Å². The number of nitrogens with one attached hydrogen (secondary N) is 1. The van der Waals surface area contributed by atoms with Gasteiger partial charge in [0.2, 0.25) is 11.9 Å². The third-order valence-corrected chi connectivity index (χ3v) is 4.66. The highest BCUT2D eigenvalue weighted by molar-refractivity contribution is 5.90. The molecule has 0 radical (unpaired) electrons. The molecule has 2 aliphatic rings. The van der Waals surface area contributed by atoms with Gasteiger partial charge in [0.05, 0.1) is 18.1 Å². The van der Waals surface area contributed by atoms with Crippen LogP contribution in [0.5, 0.6) is 0 Å². The molecule has 2 heterocycles. The summed E-state index contributed by atoms with van der Waals surface area (Å²) in [6.45, 7) is 3.96. The van der Waals surface area contributed by atoms with Gasteiger partial charge in [-0.2, -0.15) is 0 Å². The average Bonchev–Trinajstić information content (AvgIpc) is 3.02. The Morgan fingerprint density at radius 1 is 1.18 bits per heavy atom. The Morgan fingerprint density at radius 2 is 1.82 bits per heavy atom. The summed E-state index contributed by atoms with van der Waals surface area (Å²) in [7, 11) is 2.13. The fraction of sp³-hybridized carbons (Fsp3) is 0.688. The Hall–Kier alpha value is -1.69. The minimum atomic E-state index is 0.0860. The summed E-state index contributed by atoms with van der Waals surface area (Å²) in [5.41, 5.74) is 0.695. The van der Waals surface area contributed by atoms with Gasteiger partial charge in [-0.1, -0.05) is 12.8 Å². The van der Waals surface area contributed by atoms with E-state index in [0.717, 1.165) is 32.1 Å². The van der Waals surface area contributed by atoms with Crippen LogP contribution in [0.1, 0.15) is 32.1 Å². The maximum Gasteiger partial charge on any atom is 0.225 e. The summed E-state index contributed by atoms with van der Waals surface area (Å²) >= 11 is 0. The van der Waals surface area contributed by atoms with E-state index in [0.29, 0.717) is 18.0 Å². The first-order valence-electron chi connectivity index (χ1n) is 8.26. The van der Waals surface area contributed by atoms with E-state index in [1.54, 1.807) is 12.4 Å². The second kappa shape index (κ2) is 7.05. The van der Waals surface area contributed by atoms with Crippen LogP contribution in [0.4, 0.5) is 11.6 Å². The van der Waals surface area contributed by atoms with Gasteiger partial charge in [0.1, 0.15) is 0 Å². The molecule has 22 heavy (non-hydrogen) atoms. The van der Waals surface area contributed by atoms with Crippen molar-refractivity contribution in [3.8, 4) is 0 Å². The van der Waals surface area contributed by atoms with Crippen LogP contribution in [0.3, 0.4) is 0 Å². The van der Waals surface area contributed by atoms with Gasteiger partial charge >= 0.3 is 0 Å². The van der Waals surface area contributed by atoms with Gasteiger partial charge in [0.25, 0.3) is 0 Å². The first kappa shape index (κ1) is 15.2. The van der Waals surface area contributed by atoms with Gasteiger partial charge in [-0.15, -0.1) is 0 Å². The van der Waals surface area contributed by atoms with Gasteiger partial charge in [-0.25, -0.2) is 9.97 Å². The maximum absolute atomic E-state index is 12.0. The van der Waals surface area contributed by atoms with Crippen molar-refractivity contribution in [3.05, 3.63) is 12.4 Å². The standard InChI is InChI=1S/C16H25N5O/c1-20-6-8-21(9-7-20)16-17-11-14(12-18-16)19-15(22)10-13-4-2-3-5-13/h11-13H,2-10H2,1H3,(H,19,22). The number of carbonyl (C=O) groups is 1. The van der Waals surface area contributed by atoms with Crippen molar-refractivity contribution in [2.45, 2.75) is 32.1 Å². The normalized spacial score (nSPS) is 20.3. The van der Waals surface area contributed by atoms with Gasteiger partial charge < -0.3 is 15.1 Å². The predicted octanol–water partition coefficient (Wildman–Crippen LogP) is 1.75. The summed E-state index contributed by atoms with van der Waals surface area (Å²) in [6, 6.07) is 0. The minimum absolute atomic E-state index is 0.0860. The number of anilines is 2. The van der Waals surface area contributed by atoms with Gasteiger partial charge in [-0.3, -0.25) is 4.79 Å². The molecule has 0 unspecified atom stereocenters. The molecule has 3 rings (SSSR count). The lowest BCUT2D eigenvalue weighted by Gasteiger charge is -2.32. The number of piperazine rings is 1. The van der Waals surface area contributed by atoms with Crippen molar-refractivity contribution < 1.29 is 4.79 Å². The summed E-state index contributed by atoms with van der Waals surface area (Å²) in [4.78, 5) is 25.3. The second-order valence-electron chi connectivity index (χ2n) is 6.46. The van der Waals surface area contributed by atoms with Crippen molar-refractivity contribution in [3.63, 3.8) is 0 Å². The van der Waals surface area contributed by atoms with E-state index in [1.807, 2.05) is 0 Å². The zero-order chi connectivity index (χ0) is 15.4. The zero-order valence-electron chi connectivity index (χ0n) is 13.3. The lowest BCUT2D eigenvalue weighted by Crippen LogP contribution is -2.45. The Labute approximate surface area is 131 Å². The number of carbonyl (C=O) groups excluding carboxylic acids is 1. The van der Waals surface area contributed by atoms with E-state index in [1.165, 1.54) is 25.7 Å². The fourth-order valence-corrected chi connectivity index (χ4v) is 3.24. The molecular formula is C16H25N5O. The number of amides is 1. The molecule has 0 bridgehead atoms. The molecule has 120 valence electrons. The van der Waals surface area contributed by atoms with Gasteiger partial charge in [0.15, 0.2) is 0 Å². The largest absolute Gasteiger partial charge is 0.338 e. The molecule has 1 saturated heterocycles. The molecule has 0 atom stereocenters. The van der Waals surface area contributed by atoms with Crippen LogP contribution in [0.2, 0.25) is 0 Å². The van der Waals surface area contributed by atoms with Crippen LogP contribution in [-0.4, -0.2) is 54.0 Å². The summed E-state index contributed by atoms with van der Waals surface area (Å²) in [6.07, 6.45) is 8.96. The van der Waals surface area contributed by atoms with E-state index in [4.69, 9.17) is 0 Å². The van der Waals surface area contributed by atoms with Crippen LogP contribution in [0.25, 0.3) is 0 Å². The van der Waals surface area contributed by atoms with Crippen LogP contribution in [0, 0.1) is 5.92 Å². The number of likely N-dealkylation sites (N-methyl/N-ethyl adjacent to an activating group) is 1. The number of nitrogens with zero attached hydrogens (tertiary/aromatic N) is 4. The highest BCUT2D eigenvalue weighted by atomic mass is 16.1. The third kappa shape index (κ3) is 3.94. The first-order chi connectivity index (χ1) is 10.7. The lowest BCUT2D eigenvalue weighted by molar-refractivity contribution is -0.117. The molecule has 6 heteroatoms. The molecule has 1 aliphatic heterocycles. The van der Waals surface area contributed by atoms with Crippen molar-refractivity contribution in [1.82, 2.24) is 14.9 Å². The van der Waals surface area contributed by atoms with Crippen LogP contribution in [-0.2, 0) is 4.79 Å². The van der Waals surface area contributed by atoms with Crippen molar-refractivity contribution in [1.29, 1.82) is 0 Å². The number of rotatable bonds is 4. The molecule has 1 saturated carbocycles. The molecule has 6 nitrogen and oxygen atoms in total. The molecule has 0 aromatic carbocycles. The maximum atomic E-state index is 12.0. The predicted molar refractivity (Wildman–Crippen MR) is 86.9 cm³/mol. The molecule has 1 amide bonds. The third-order valence-electron chi connectivity index (χ3n) is 4.66. The van der Waals surface area contributed by atoms with Crippen molar-refractivity contribution in [2.24, 2.45) is 5.92 Å². The lowest BCUT2D eigenvalue weighted by atomic mass is 10.0. The van der Waals surface area contributed by atoms with Gasteiger partial charge in [0, 0.05) is 32.6 Å². The minimum Gasteiger partial charge on any atom is -0.338 e. The van der Waals surface area contributed by atoms with Crippen LogP contribution < -0.4 is 10.2 Å². The van der Waals surface area contributed by atoms with E-state index >= 15 is 0 Å². The molecule has 1 aliphatic carbocycles. The summed E-state index contributed by atoms with van der Waals surface area (Å²) < 4.78 is 0. The highest BCUT2D eigenvalue weighted by Crippen LogP contribution is 2.27. The SMILES string of the molecule is CN1CCN(c2ncc(NC(=O)CC3CCCC3)cn2)CC1. The average molecular weight is 303 g/mol. The number of hydrogen-bond acceptors (Lipinski definition) is 5. The molecular weight excluding hydrogens is 278 g/mol. The number of hydrogen-bond donors (Lipinski definition) is 1. The van der Waals surface area contributed by atoms with Crippen molar-refractivity contribution in [2.75, 3.05) is 43.4 Å². The van der Waals surface area contributed by atoms with E-state index in [-0.39, 0.29) is 5.91 Å². The van der Waals surface area contributed by atoms with Crippen LogP contribution in [0.15, 0.2) is 12.4 Å². The quantitative estimate of drug-likeness (QED) is 0.918.